The Hall–Kier alpha value is -1.32. The molecule has 0 aromatic carbocycles. The Morgan fingerprint density at radius 1 is 1.58 bits per heavy atom. The molecule has 1 unspecified atom stereocenters. The van der Waals surface area contributed by atoms with Gasteiger partial charge in [0.25, 0.3) is 0 Å². The molecule has 0 bridgehead atoms. The molecule has 1 rings (SSSR count). The van der Waals surface area contributed by atoms with Crippen LogP contribution in [0.15, 0.2) is 12.2 Å². The van der Waals surface area contributed by atoms with Gasteiger partial charge in [-0.15, -0.1) is 0 Å². The molecule has 3 atom stereocenters. The molecule has 0 saturated carbocycles. The lowest BCUT2D eigenvalue weighted by Gasteiger charge is -2.14. The number of cyclic esters (lactones) is 1. The SMILES string of the molecule is CCCCC(/C=C/C[C@@H]1OC(=O)C[C@H]1C)OC(C)=O. The van der Waals surface area contributed by atoms with Gasteiger partial charge in [0, 0.05) is 19.3 Å². The summed E-state index contributed by atoms with van der Waals surface area (Å²) in [5.74, 6) is -0.111. The van der Waals surface area contributed by atoms with Gasteiger partial charge in [0.05, 0.1) is 6.42 Å². The van der Waals surface area contributed by atoms with Crippen LogP contribution < -0.4 is 0 Å². The second-order valence-electron chi connectivity index (χ2n) is 5.16. The molecule has 0 aromatic rings. The summed E-state index contributed by atoms with van der Waals surface area (Å²) in [5.41, 5.74) is 0. The van der Waals surface area contributed by atoms with Crippen molar-refractivity contribution in [3.05, 3.63) is 12.2 Å². The molecule has 108 valence electrons. The predicted octanol–water partition coefficient (Wildman–Crippen LogP) is 3.01. The third-order valence-corrected chi connectivity index (χ3v) is 3.28. The Bertz CT molecular complexity index is 335. The highest BCUT2D eigenvalue weighted by molar-refractivity contribution is 5.72. The van der Waals surface area contributed by atoms with Crippen molar-refractivity contribution in [3.8, 4) is 0 Å². The molecular weight excluding hydrogens is 244 g/mol. The van der Waals surface area contributed by atoms with Gasteiger partial charge < -0.3 is 9.47 Å². The van der Waals surface area contributed by atoms with Crippen molar-refractivity contribution in [2.75, 3.05) is 0 Å². The minimum absolute atomic E-state index is 0.0343. The summed E-state index contributed by atoms with van der Waals surface area (Å²) in [6.45, 7) is 5.55. The second-order valence-corrected chi connectivity index (χ2v) is 5.16. The largest absolute Gasteiger partial charge is 0.462 e. The van der Waals surface area contributed by atoms with E-state index >= 15 is 0 Å². The summed E-state index contributed by atoms with van der Waals surface area (Å²) >= 11 is 0. The first-order chi connectivity index (χ1) is 9.02. The fourth-order valence-electron chi connectivity index (χ4n) is 2.19. The molecule has 1 fully saturated rings. The third kappa shape index (κ3) is 5.90. The summed E-state index contributed by atoms with van der Waals surface area (Å²) < 4.78 is 10.5. The third-order valence-electron chi connectivity index (χ3n) is 3.28. The van der Waals surface area contributed by atoms with E-state index in [1.54, 1.807) is 0 Å². The standard InChI is InChI=1S/C15H24O4/c1-4-5-7-13(18-12(3)16)8-6-9-14-11(2)10-15(17)19-14/h6,8,11,13-14H,4-5,7,9-10H2,1-3H3/b8-6+/t11-,13?,14+/m1/s1. The van der Waals surface area contributed by atoms with Crippen molar-refractivity contribution >= 4 is 11.9 Å². The van der Waals surface area contributed by atoms with Gasteiger partial charge in [-0.3, -0.25) is 9.59 Å². The van der Waals surface area contributed by atoms with Crippen LogP contribution in [-0.4, -0.2) is 24.1 Å². The molecule has 1 aliphatic rings. The van der Waals surface area contributed by atoms with Crippen LogP contribution in [0.1, 0.15) is 52.9 Å². The van der Waals surface area contributed by atoms with Crippen molar-refractivity contribution < 1.29 is 19.1 Å². The first-order valence-corrected chi connectivity index (χ1v) is 7.06. The van der Waals surface area contributed by atoms with Crippen LogP contribution in [0.25, 0.3) is 0 Å². The minimum Gasteiger partial charge on any atom is -0.462 e. The summed E-state index contributed by atoms with van der Waals surface area (Å²) in [6, 6.07) is 0. The highest BCUT2D eigenvalue weighted by Crippen LogP contribution is 2.24. The van der Waals surface area contributed by atoms with E-state index in [0.717, 1.165) is 19.3 Å². The van der Waals surface area contributed by atoms with Crippen LogP contribution in [-0.2, 0) is 19.1 Å². The van der Waals surface area contributed by atoms with E-state index in [9.17, 15) is 9.59 Å². The molecule has 0 amide bonds. The van der Waals surface area contributed by atoms with Crippen LogP contribution >= 0.6 is 0 Å². The molecule has 1 aliphatic heterocycles. The van der Waals surface area contributed by atoms with E-state index in [0.29, 0.717) is 12.8 Å². The zero-order chi connectivity index (χ0) is 14.3. The van der Waals surface area contributed by atoms with E-state index in [1.807, 2.05) is 19.1 Å². The van der Waals surface area contributed by atoms with Crippen molar-refractivity contribution in [1.82, 2.24) is 0 Å². The molecule has 1 heterocycles. The zero-order valence-corrected chi connectivity index (χ0v) is 12.1. The molecule has 0 aliphatic carbocycles. The molecule has 0 aromatic heterocycles. The zero-order valence-electron chi connectivity index (χ0n) is 12.1. The Morgan fingerprint density at radius 3 is 2.84 bits per heavy atom. The number of hydrogen-bond donors (Lipinski definition) is 0. The van der Waals surface area contributed by atoms with Gasteiger partial charge in [-0.1, -0.05) is 26.3 Å². The quantitative estimate of drug-likeness (QED) is 0.526. The van der Waals surface area contributed by atoms with E-state index in [1.165, 1.54) is 6.92 Å². The molecule has 19 heavy (non-hydrogen) atoms. The van der Waals surface area contributed by atoms with Gasteiger partial charge in [-0.2, -0.15) is 0 Å². The number of carbonyl (C=O) groups excluding carboxylic acids is 2. The Kier molecular flexibility index (Phi) is 6.60. The van der Waals surface area contributed by atoms with Crippen LogP contribution in [0, 0.1) is 5.92 Å². The van der Waals surface area contributed by atoms with E-state index in [4.69, 9.17) is 9.47 Å². The normalized spacial score (nSPS) is 24.5. The Labute approximate surface area is 115 Å². The van der Waals surface area contributed by atoms with Crippen LogP contribution in [0.5, 0.6) is 0 Å². The lowest BCUT2D eigenvalue weighted by molar-refractivity contribution is -0.144. The van der Waals surface area contributed by atoms with Gasteiger partial charge in [0.1, 0.15) is 12.2 Å². The van der Waals surface area contributed by atoms with Crippen LogP contribution in [0.4, 0.5) is 0 Å². The van der Waals surface area contributed by atoms with E-state index in [-0.39, 0.29) is 30.1 Å². The number of unbranched alkanes of at least 4 members (excludes halogenated alkanes) is 1. The molecule has 0 spiro atoms. The topological polar surface area (TPSA) is 52.6 Å². The van der Waals surface area contributed by atoms with Crippen molar-refractivity contribution in [2.45, 2.75) is 65.1 Å². The van der Waals surface area contributed by atoms with Gasteiger partial charge in [0.15, 0.2) is 0 Å². The van der Waals surface area contributed by atoms with Crippen molar-refractivity contribution in [2.24, 2.45) is 5.92 Å². The Morgan fingerprint density at radius 2 is 2.32 bits per heavy atom. The van der Waals surface area contributed by atoms with Gasteiger partial charge >= 0.3 is 11.9 Å². The molecule has 0 radical (unpaired) electrons. The monoisotopic (exact) mass is 268 g/mol. The maximum Gasteiger partial charge on any atom is 0.306 e. The maximum atomic E-state index is 11.1. The lowest BCUT2D eigenvalue weighted by Crippen LogP contribution is -2.15. The highest BCUT2D eigenvalue weighted by Gasteiger charge is 2.30. The van der Waals surface area contributed by atoms with Gasteiger partial charge in [-0.25, -0.2) is 0 Å². The minimum atomic E-state index is -0.258. The number of rotatable bonds is 7. The Balaban J connectivity index is 2.41. The lowest BCUT2D eigenvalue weighted by atomic mass is 10.0. The number of hydrogen-bond acceptors (Lipinski definition) is 4. The predicted molar refractivity (Wildman–Crippen MR) is 72.5 cm³/mol. The van der Waals surface area contributed by atoms with E-state index < -0.39 is 0 Å². The van der Waals surface area contributed by atoms with Gasteiger partial charge in [-0.05, 0) is 18.9 Å². The maximum absolute atomic E-state index is 11.1. The summed E-state index contributed by atoms with van der Waals surface area (Å²) in [6.07, 6.45) is 7.81. The summed E-state index contributed by atoms with van der Waals surface area (Å²) in [5, 5.41) is 0. The average Bonchev–Trinajstić information content (AvgIpc) is 2.64. The van der Waals surface area contributed by atoms with E-state index in [2.05, 4.69) is 6.92 Å². The first-order valence-electron chi connectivity index (χ1n) is 7.06. The number of esters is 2. The number of ether oxygens (including phenoxy) is 2. The smallest absolute Gasteiger partial charge is 0.306 e. The van der Waals surface area contributed by atoms with Gasteiger partial charge in [0.2, 0.25) is 0 Å². The molecule has 4 heteroatoms. The van der Waals surface area contributed by atoms with Crippen LogP contribution in [0.2, 0.25) is 0 Å². The molecule has 0 N–H and O–H groups in total. The molecular formula is C15H24O4. The highest BCUT2D eigenvalue weighted by atomic mass is 16.6. The summed E-state index contributed by atoms with van der Waals surface area (Å²) in [7, 11) is 0. The molecule has 1 saturated heterocycles. The fraction of sp³-hybridized carbons (Fsp3) is 0.733. The average molecular weight is 268 g/mol. The second kappa shape index (κ2) is 7.97. The molecule has 4 nitrogen and oxygen atoms in total. The number of carbonyl (C=O) groups is 2. The van der Waals surface area contributed by atoms with Crippen LogP contribution in [0.3, 0.4) is 0 Å². The van der Waals surface area contributed by atoms with Crippen molar-refractivity contribution in [1.29, 1.82) is 0 Å². The summed E-state index contributed by atoms with van der Waals surface area (Å²) in [4.78, 5) is 22.1. The van der Waals surface area contributed by atoms with Crippen molar-refractivity contribution in [3.63, 3.8) is 0 Å². The first kappa shape index (κ1) is 15.7. The fourth-order valence-corrected chi connectivity index (χ4v) is 2.19.